The first-order valence-corrected chi connectivity index (χ1v) is 7.82. The number of nitriles is 1. The highest BCUT2D eigenvalue weighted by Gasteiger charge is 2.28. The minimum atomic E-state index is 0.442. The first-order valence-electron chi connectivity index (χ1n) is 7.82. The van der Waals surface area contributed by atoms with Gasteiger partial charge in [-0.05, 0) is 30.9 Å². The van der Waals surface area contributed by atoms with Crippen molar-refractivity contribution in [2.45, 2.75) is 38.6 Å². The lowest BCUT2D eigenvalue weighted by molar-refractivity contribution is 0.408. The maximum Gasteiger partial charge on any atom is 0.182 e. The third-order valence-corrected chi connectivity index (χ3v) is 3.97. The zero-order chi connectivity index (χ0) is 16.2. The highest BCUT2D eigenvalue weighted by atomic mass is 16.5. The Labute approximate surface area is 136 Å². The Hall–Kier alpha value is -2.61. The Balaban J connectivity index is 1.75. The Morgan fingerprint density at radius 3 is 2.52 bits per heavy atom. The fraction of sp³-hybridized carbons (Fsp3) is 0.389. The summed E-state index contributed by atoms with van der Waals surface area (Å²) in [5.41, 5.74) is 3.04. The van der Waals surface area contributed by atoms with Crippen LogP contribution in [0.15, 0.2) is 24.3 Å². The van der Waals surface area contributed by atoms with Crippen molar-refractivity contribution in [3.05, 3.63) is 46.9 Å². The molecular formula is C18H20N4O. The third kappa shape index (κ3) is 3.59. The second kappa shape index (κ2) is 6.66. The van der Waals surface area contributed by atoms with Crippen molar-refractivity contribution in [2.75, 3.05) is 12.4 Å². The van der Waals surface area contributed by atoms with Crippen molar-refractivity contribution in [2.24, 2.45) is 0 Å². The molecule has 1 aromatic heterocycles. The molecule has 5 nitrogen and oxygen atoms in total. The quantitative estimate of drug-likeness (QED) is 0.886. The minimum absolute atomic E-state index is 0.442. The number of rotatable bonds is 6. The van der Waals surface area contributed by atoms with Crippen LogP contribution in [0, 0.1) is 18.3 Å². The van der Waals surface area contributed by atoms with Crippen LogP contribution in [0.1, 0.15) is 41.4 Å². The molecule has 1 aliphatic carbocycles. The van der Waals surface area contributed by atoms with Gasteiger partial charge in [-0.25, -0.2) is 9.97 Å². The second-order valence-corrected chi connectivity index (χ2v) is 5.83. The number of nitrogens with one attached hydrogen (secondary N) is 1. The molecule has 0 spiro atoms. The monoisotopic (exact) mass is 308 g/mol. The van der Waals surface area contributed by atoms with Gasteiger partial charge in [-0.15, -0.1) is 0 Å². The van der Waals surface area contributed by atoms with Gasteiger partial charge in [0, 0.05) is 12.5 Å². The van der Waals surface area contributed by atoms with Gasteiger partial charge >= 0.3 is 0 Å². The molecule has 1 aliphatic rings. The smallest absolute Gasteiger partial charge is 0.182 e. The normalized spacial score (nSPS) is 13.4. The molecule has 0 saturated heterocycles. The highest BCUT2D eigenvalue weighted by molar-refractivity contribution is 5.53. The number of hydrogen-bond donors (Lipinski definition) is 1. The predicted molar refractivity (Wildman–Crippen MR) is 88.4 cm³/mol. The number of methoxy groups -OCH3 is 1. The first-order chi connectivity index (χ1) is 11.2. The number of nitrogens with zero attached hydrogens (tertiary/aromatic N) is 3. The summed E-state index contributed by atoms with van der Waals surface area (Å²) in [4.78, 5) is 9.19. The maximum absolute atomic E-state index is 8.71. The van der Waals surface area contributed by atoms with E-state index < -0.39 is 0 Å². The summed E-state index contributed by atoms with van der Waals surface area (Å²) in [6.07, 6.45) is 2.79. The van der Waals surface area contributed by atoms with Gasteiger partial charge in [-0.2, -0.15) is 5.26 Å². The van der Waals surface area contributed by atoms with Crippen molar-refractivity contribution >= 4 is 5.82 Å². The van der Waals surface area contributed by atoms with Crippen LogP contribution in [0.5, 0.6) is 5.75 Å². The minimum Gasteiger partial charge on any atom is -0.491 e. The predicted octanol–water partition coefficient (Wildman–Crippen LogP) is 3.35. The molecule has 23 heavy (non-hydrogen) atoms. The molecule has 0 aliphatic heterocycles. The van der Waals surface area contributed by atoms with Crippen LogP contribution in [-0.2, 0) is 13.0 Å². The molecule has 2 aromatic rings. The fourth-order valence-corrected chi connectivity index (χ4v) is 2.52. The third-order valence-electron chi connectivity index (χ3n) is 3.97. The standard InChI is InChI=1S/C18H20N4O/c1-12-16(23-2)18(22-17(21-12)15-7-8-15)20-11-14-5-3-13(4-6-14)9-10-19/h3-6,15H,7-9,11H2,1-2H3,(H,20,21,22). The molecular weight excluding hydrogens is 288 g/mol. The number of hydrogen-bond acceptors (Lipinski definition) is 5. The van der Waals surface area contributed by atoms with Gasteiger partial charge in [0.15, 0.2) is 11.6 Å². The van der Waals surface area contributed by atoms with Gasteiger partial charge in [0.2, 0.25) is 0 Å². The molecule has 5 heteroatoms. The topological polar surface area (TPSA) is 70.8 Å². The van der Waals surface area contributed by atoms with Gasteiger partial charge in [0.1, 0.15) is 5.82 Å². The van der Waals surface area contributed by atoms with Crippen molar-refractivity contribution in [1.29, 1.82) is 5.26 Å². The van der Waals surface area contributed by atoms with Crippen LogP contribution in [0.25, 0.3) is 0 Å². The van der Waals surface area contributed by atoms with E-state index in [0.29, 0.717) is 24.6 Å². The molecule has 0 unspecified atom stereocenters. The van der Waals surface area contributed by atoms with Gasteiger partial charge in [-0.3, -0.25) is 0 Å². The summed E-state index contributed by atoms with van der Waals surface area (Å²) in [5.74, 6) is 2.87. The van der Waals surface area contributed by atoms with Crippen LogP contribution in [0.3, 0.4) is 0 Å². The molecule has 0 radical (unpaired) electrons. The Morgan fingerprint density at radius 2 is 1.91 bits per heavy atom. The van der Waals surface area contributed by atoms with E-state index in [1.165, 1.54) is 12.8 Å². The summed E-state index contributed by atoms with van der Waals surface area (Å²) in [5, 5.41) is 12.1. The molecule has 1 N–H and O–H groups in total. The van der Waals surface area contributed by atoms with Gasteiger partial charge in [0.25, 0.3) is 0 Å². The highest BCUT2D eigenvalue weighted by Crippen LogP contribution is 2.40. The van der Waals surface area contributed by atoms with Crippen LogP contribution in [0.4, 0.5) is 5.82 Å². The summed E-state index contributed by atoms with van der Waals surface area (Å²) in [6, 6.07) is 10.2. The van der Waals surface area contributed by atoms with E-state index >= 15 is 0 Å². The van der Waals surface area contributed by atoms with E-state index in [1.807, 2.05) is 31.2 Å². The molecule has 1 fully saturated rings. The second-order valence-electron chi connectivity index (χ2n) is 5.83. The molecule has 1 saturated carbocycles. The Morgan fingerprint density at radius 1 is 1.22 bits per heavy atom. The molecule has 118 valence electrons. The number of benzene rings is 1. The molecule has 0 atom stereocenters. The largest absolute Gasteiger partial charge is 0.491 e. The van der Waals surface area contributed by atoms with E-state index in [-0.39, 0.29) is 0 Å². The van der Waals surface area contributed by atoms with Crippen molar-refractivity contribution in [1.82, 2.24) is 9.97 Å². The maximum atomic E-state index is 8.71. The van der Waals surface area contributed by atoms with Gasteiger partial charge in [-0.1, -0.05) is 24.3 Å². The number of ether oxygens (including phenoxy) is 1. The van der Waals surface area contributed by atoms with Crippen molar-refractivity contribution in [3.8, 4) is 11.8 Å². The van der Waals surface area contributed by atoms with E-state index in [9.17, 15) is 0 Å². The summed E-state index contributed by atoms with van der Waals surface area (Å²) >= 11 is 0. The van der Waals surface area contributed by atoms with Gasteiger partial charge < -0.3 is 10.1 Å². The zero-order valence-electron chi connectivity index (χ0n) is 13.5. The van der Waals surface area contributed by atoms with Crippen LogP contribution < -0.4 is 10.1 Å². The van der Waals surface area contributed by atoms with E-state index in [4.69, 9.17) is 10.00 Å². The van der Waals surface area contributed by atoms with E-state index in [0.717, 1.165) is 28.5 Å². The van der Waals surface area contributed by atoms with Gasteiger partial charge in [0.05, 0.1) is 25.3 Å². The lowest BCUT2D eigenvalue weighted by atomic mass is 10.1. The number of anilines is 1. The lowest BCUT2D eigenvalue weighted by Gasteiger charge is -2.13. The summed E-state index contributed by atoms with van der Waals surface area (Å²) < 4.78 is 5.45. The molecule has 0 bridgehead atoms. The summed E-state index contributed by atoms with van der Waals surface area (Å²) in [6.45, 7) is 2.61. The first kappa shape index (κ1) is 15.3. The Bertz CT molecular complexity index is 730. The van der Waals surface area contributed by atoms with Crippen molar-refractivity contribution < 1.29 is 4.74 Å². The van der Waals surface area contributed by atoms with E-state index in [2.05, 4.69) is 21.4 Å². The van der Waals surface area contributed by atoms with Crippen molar-refractivity contribution in [3.63, 3.8) is 0 Å². The molecule has 1 heterocycles. The van der Waals surface area contributed by atoms with E-state index in [1.54, 1.807) is 7.11 Å². The summed E-state index contributed by atoms with van der Waals surface area (Å²) in [7, 11) is 1.64. The molecule has 0 amide bonds. The van der Waals surface area contributed by atoms with Crippen LogP contribution in [-0.4, -0.2) is 17.1 Å². The molecule has 3 rings (SSSR count). The Kier molecular flexibility index (Phi) is 4.42. The molecule has 1 aromatic carbocycles. The average Bonchev–Trinajstić information content (AvgIpc) is 3.39. The fourth-order valence-electron chi connectivity index (χ4n) is 2.52. The van der Waals surface area contributed by atoms with Crippen LogP contribution >= 0.6 is 0 Å². The lowest BCUT2D eigenvalue weighted by Crippen LogP contribution is -2.08. The number of aromatic nitrogens is 2. The van der Waals surface area contributed by atoms with Crippen LogP contribution in [0.2, 0.25) is 0 Å². The average molecular weight is 308 g/mol. The SMILES string of the molecule is COc1c(C)nc(C2CC2)nc1NCc1ccc(CC#N)cc1. The number of aryl methyl sites for hydroxylation is 1. The zero-order valence-corrected chi connectivity index (χ0v) is 13.5.